The van der Waals surface area contributed by atoms with Crippen molar-refractivity contribution in [1.29, 1.82) is 0 Å². The number of carbonyl (C=O) groups is 1. The number of aromatic nitrogens is 1. The van der Waals surface area contributed by atoms with Crippen molar-refractivity contribution in [2.45, 2.75) is 32.2 Å². The van der Waals surface area contributed by atoms with Crippen molar-refractivity contribution in [3.8, 4) is 11.5 Å². The summed E-state index contributed by atoms with van der Waals surface area (Å²) in [7, 11) is 1.76. The Hall–Kier alpha value is -2.14. The third-order valence-corrected chi connectivity index (χ3v) is 6.34. The maximum atomic E-state index is 12.6. The zero-order chi connectivity index (χ0) is 22.2. The highest BCUT2D eigenvalue weighted by Gasteiger charge is 2.29. The van der Waals surface area contributed by atoms with E-state index in [-0.39, 0.29) is 29.9 Å². The Morgan fingerprint density at radius 2 is 1.85 bits per heavy atom. The molecule has 2 heterocycles. The SMILES string of the molecule is CN=C(NCCN1CCN(C(=O)C2CCCC2)CC1)NCc1coc(-c2ccccc2)n1.I. The number of aliphatic imine (C=N–C) groups is 1. The van der Waals surface area contributed by atoms with Crippen LogP contribution in [0.3, 0.4) is 0 Å². The lowest BCUT2D eigenvalue weighted by Gasteiger charge is -2.36. The molecule has 2 N–H and O–H groups in total. The molecule has 8 nitrogen and oxygen atoms in total. The lowest BCUT2D eigenvalue weighted by Crippen LogP contribution is -2.51. The minimum Gasteiger partial charge on any atom is -0.444 e. The molecule has 1 saturated carbocycles. The Balaban J connectivity index is 0.00000306. The van der Waals surface area contributed by atoms with Crippen LogP contribution in [0.25, 0.3) is 11.5 Å². The topological polar surface area (TPSA) is 86.0 Å². The molecule has 4 rings (SSSR count). The smallest absolute Gasteiger partial charge is 0.226 e. The number of hydrogen-bond donors (Lipinski definition) is 2. The van der Waals surface area contributed by atoms with Crippen LogP contribution in [0.4, 0.5) is 0 Å². The van der Waals surface area contributed by atoms with Gasteiger partial charge in [0.05, 0.1) is 12.2 Å². The molecule has 1 saturated heterocycles. The second-order valence-corrected chi connectivity index (χ2v) is 8.51. The molecule has 0 bridgehead atoms. The van der Waals surface area contributed by atoms with Crippen LogP contribution in [-0.4, -0.2) is 73.0 Å². The number of rotatable bonds is 7. The second-order valence-electron chi connectivity index (χ2n) is 8.51. The molecule has 1 aliphatic carbocycles. The number of hydrogen-bond acceptors (Lipinski definition) is 5. The van der Waals surface area contributed by atoms with Gasteiger partial charge < -0.3 is 20.0 Å². The number of nitrogens with zero attached hydrogens (tertiary/aromatic N) is 4. The van der Waals surface area contributed by atoms with Crippen molar-refractivity contribution >= 4 is 35.8 Å². The largest absolute Gasteiger partial charge is 0.444 e. The standard InChI is InChI=1S/C24H34N6O2.HI/c1-25-24(27-17-21-18-32-22(28-21)19-7-3-2-4-8-19)26-11-12-29-13-15-30(16-14-29)23(31)20-9-5-6-10-20;/h2-4,7-8,18,20H,5-6,9-17H2,1H3,(H2,25,26,27);1H. The number of nitrogens with one attached hydrogen (secondary N) is 2. The average molecular weight is 566 g/mol. The van der Waals surface area contributed by atoms with E-state index in [9.17, 15) is 4.79 Å². The lowest BCUT2D eigenvalue weighted by atomic mass is 10.1. The number of benzene rings is 1. The highest BCUT2D eigenvalue weighted by Crippen LogP contribution is 2.26. The molecule has 2 fully saturated rings. The Kier molecular flexibility index (Phi) is 9.98. The first kappa shape index (κ1) is 25.5. The molecular weight excluding hydrogens is 531 g/mol. The highest BCUT2D eigenvalue weighted by atomic mass is 127. The highest BCUT2D eigenvalue weighted by molar-refractivity contribution is 14.0. The molecule has 2 aromatic rings. The number of oxazole rings is 1. The van der Waals surface area contributed by atoms with Crippen LogP contribution in [0.5, 0.6) is 0 Å². The van der Waals surface area contributed by atoms with E-state index in [2.05, 4.69) is 30.4 Å². The van der Waals surface area contributed by atoms with E-state index in [4.69, 9.17) is 4.42 Å². The van der Waals surface area contributed by atoms with Gasteiger partial charge in [0, 0.05) is 57.8 Å². The Labute approximate surface area is 213 Å². The van der Waals surface area contributed by atoms with Gasteiger partial charge in [-0.3, -0.25) is 14.7 Å². The molecule has 2 aliphatic rings. The predicted octanol–water partition coefficient (Wildman–Crippen LogP) is 2.96. The van der Waals surface area contributed by atoms with E-state index in [0.717, 1.165) is 69.3 Å². The summed E-state index contributed by atoms with van der Waals surface area (Å²) < 4.78 is 5.59. The van der Waals surface area contributed by atoms with Crippen molar-refractivity contribution in [1.82, 2.24) is 25.4 Å². The number of amides is 1. The zero-order valence-electron chi connectivity index (χ0n) is 19.3. The summed E-state index contributed by atoms with van der Waals surface area (Å²) in [6.07, 6.45) is 6.26. The van der Waals surface area contributed by atoms with Gasteiger partial charge in [-0.05, 0) is 25.0 Å². The van der Waals surface area contributed by atoms with E-state index >= 15 is 0 Å². The number of carbonyl (C=O) groups excluding carboxylic acids is 1. The van der Waals surface area contributed by atoms with Crippen LogP contribution in [0.1, 0.15) is 31.4 Å². The third kappa shape index (κ3) is 7.17. The molecule has 9 heteroatoms. The maximum Gasteiger partial charge on any atom is 0.226 e. The van der Waals surface area contributed by atoms with E-state index in [1.807, 2.05) is 30.3 Å². The van der Waals surface area contributed by atoms with Gasteiger partial charge in [-0.1, -0.05) is 31.0 Å². The molecule has 1 amide bonds. The summed E-state index contributed by atoms with van der Waals surface area (Å²) in [4.78, 5) is 25.9. The Morgan fingerprint density at radius 3 is 2.55 bits per heavy atom. The van der Waals surface area contributed by atoms with Crippen molar-refractivity contribution in [2.24, 2.45) is 10.9 Å². The molecule has 0 atom stereocenters. The first-order chi connectivity index (χ1) is 15.7. The molecule has 1 aliphatic heterocycles. The fraction of sp³-hybridized carbons (Fsp3) is 0.542. The third-order valence-electron chi connectivity index (χ3n) is 6.34. The van der Waals surface area contributed by atoms with Gasteiger partial charge in [0.15, 0.2) is 5.96 Å². The average Bonchev–Trinajstić information content (AvgIpc) is 3.54. The van der Waals surface area contributed by atoms with Crippen LogP contribution in [0.2, 0.25) is 0 Å². The minimum absolute atomic E-state index is 0. The van der Waals surface area contributed by atoms with Gasteiger partial charge in [-0.25, -0.2) is 4.98 Å². The lowest BCUT2D eigenvalue weighted by molar-refractivity contribution is -0.137. The summed E-state index contributed by atoms with van der Waals surface area (Å²) in [6.45, 7) is 5.83. The van der Waals surface area contributed by atoms with Gasteiger partial charge in [0.2, 0.25) is 11.8 Å². The van der Waals surface area contributed by atoms with Crippen molar-refractivity contribution in [3.63, 3.8) is 0 Å². The van der Waals surface area contributed by atoms with Crippen LogP contribution < -0.4 is 10.6 Å². The summed E-state index contributed by atoms with van der Waals surface area (Å²) in [5.41, 5.74) is 1.79. The van der Waals surface area contributed by atoms with Crippen LogP contribution in [0.15, 0.2) is 46.0 Å². The fourth-order valence-electron chi connectivity index (χ4n) is 4.45. The van der Waals surface area contributed by atoms with Gasteiger partial charge in [0.25, 0.3) is 0 Å². The van der Waals surface area contributed by atoms with Gasteiger partial charge in [-0.15, -0.1) is 24.0 Å². The zero-order valence-corrected chi connectivity index (χ0v) is 21.7. The van der Waals surface area contributed by atoms with Crippen LogP contribution in [-0.2, 0) is 11.3 Å². The summed E-state index contributed by atoms with van der Waals surface area (Å²) in [6, 6.07) is 9.87. The van der Waals surface area contributed by atoms with Gasteiger partial charge in [0.1, 0.15) is 6.26 Å². The fourth-order valence-corrected chi connectivity index (χ4v) is 4.45. The normalized spacial score (nSPS) is 17.6. The molecule has 0 unspecified atom stereocenters. The Bertz CT molecular complexity index is 889. The van der Waals surface area contributed by atoms with Gasteiger partial charge in [-0.2, -0.15) is 0 Å². The van der Waals surface area contributed by atoms with Gasteiger partial charge >= 0.3 is 0 Å². The monoisotopic (exact) mass is 566 g/mol. The molecular formula is C24H35IN6O2. The molecule has 0 spiro atoms. The maximum absolute atomic E-state index is 12.6. The van der Waals surface area contributed by atoms with Crippen molar-refractivity contribution < 1.29 is 9.21 Å². The molecule has 0 radical (unpaired) electrons. The predicted molar refractivity (Wildman–Crippen MR) is 141 cm³/mol. The quantitative estimate of drug-likeness (QED) is 0.305. The first-order valence-electron chi connectivity index (χ1n) is 11.7. The van der Waals surface area contributed by atoms with Crippen LogP contribution in [0, 0.1) is 5.92 Å². The van der Waals surface area contributed by atoms with E-state index < -0.39 is 0 Å². The number of guanidine groups is 1. The van der Waals surface area contributed by atoms with Crippen molar-refractivity contribution in [3.05, 3.63) is 42.3 Å². The van der Waals surface area contributed by atoms with E-state index in [1.54, 1.807) is 13.3 Å². The second kappa shape index (κ2) is 12.9. The molecule has 180 valence electrons. The van der Waals surface area contributed by atoms with E-state index in [0.29, 0.717) is 18.3 Å². The molecule has 33 heavy (non-hydrogen) atoms. The summed E-state index contributed by atoms with van der Waals surface area (Å²) >= 11 is 0. The summed E-state index contributed by atoms with van der Waals surface area (Å²) in [5, 5.41) is 6.65. The minimum atomic E-state index is 0. The van der Waals surface area contributed by atoms with Crippen LogP contribution >= 0.6 is 24.0 Å². The summed E-state index contributed by atoms with van der Waals surface area (Å²) in [5.74, 6) is 2.03. The van der Waals surface area contributed by atoms with E-state index in [1.165, 1.54) is 12.8 Å². The molecule has 1 aromatic heterocycles. The Morgan fingerprint density at radius 1 is 1.12 bits per heavy atom. The first-order valence-corrected chi connectivity index (χ1v) is 11.7. The molecule has 1 aromatic carbocycles. The number of halogens is 1. The van der Waals surface area contributed by atoms with Crippen molar-refractivity contribution in [2.75, 3.05) is 46.3 Å². The number of piperazine rings is 1.